The van der Waals surface area contributed by atoms with Crippen molar-refractivity contribution in [3.05, 3.63) is 21.9 Å². The highest BCUT2D eigenvalue weighted by Crippen LogP contribution is 2.47. The van der Waals surface area contributed by atoms with E-state index in [9.17, 15) is 9.90 Å². The van der Waals surface area contributed by atoms with Gasteiger partial charge in [0.2, 0.25) is 0 Å². The minimum atomic E-state index is -0.938. The van der Waals surface area contributed by atoms with Gasteiger partial charge >= 0.3 is 5.97 Å². The minimum absolute atomic E-state index is 0.198. The topological polar surface area (TPSA) is 57.5 Å². The molecule has 0 spiro atoms. The van der Waals surface area contributed by atoms with Crippen LogP contribution in [0.1, 0.15) is 47.8 Å². The van der Waals surface area contributed by atoms with Gasteiger partial charge in [-0.25, -0.2) is 4.79 Å². The van der Waals surface area contributed by atoms with Crippen LogP contribution >= 0.6 is 11.3 Å². The number of carbonyl (C=O) groups is 1. The van der Waals surface area contributed by atoms with Crippen molar-refractivity contribution in [2.24, 2.45) is 5.92 Å². The number of aromatic carboxylic acids is 1. The van der Waals surface area contributed by atoms with Crippen molar-refractivity contribution in [3.63, 3.8) is 0 Å². The Hall–Kier alpha value is -0.870. The molecule has 16 heavy (non-hydrogen) atoms. The zero-order valence-electron chi connectivity index (χ0n) is 9.27. The lowest BCUT2D eigenvalue weighted by molar-refractivity contribution is -0.00160. The fourth-order valence-electron chi connectivity index (χ4n) is 2.71. The summed E-state index contributed by atoms with van der Waals surface area (Å²) in [5.74, 6) is -0.740. The number of hydrogen-bond donors (Lipinski definition) is 2. The highest BCUT2D eigenvalue weighted by atomic mass is 32.1. The van der Waals surface area contributed by atoms with Gasteiger partial charge in [-0.1, -0.05) is 13.3 Å². The van der Waals surface area contributed by atoms with E-state index < -0.39 is 11.6 Å². The lowest BCUT2D eigenvalue weighted by Crippen LogP contribution is -2.30. The van der Waals surface area contributed by atoms with Crippen LogP contribution in [0.4, 0.5) is 0 Å². The molecule has 1 saturated carbocycles. The summed E-state index contributed by atoms with van der Waals surface area (Å²) in [6.45, 7) is 2.05. The fourth-order valence-corrected chi connectivity index (χ4v) is 3.81. The summed E-state index contributed by atoms with van der Waals surface area (Å²) >= 11 is 1.36. The van der Waals surface area contributed by atoms with E-state index in [1.165, 1.54) is 11.3 Å². The van der Waals surface area contributed by atoms with Crippen molar-refractivity contribution in [2.75, 3.05) is 0 Å². The lowest BCUT2D eigenvalue weighted by atomic mass is 9.86. The molecule has 4 heteroatoms. The van der Waals surface area contributed by atoms with E-state index in [4.69, 9.17) is 5.11 Å². The Kier molecular flexibility index (Phi) is 3.04. The predicted octanol–water partition coefficient (Wildman–Crippen LogP) is 2.84. The van der Waals surface area contributed by atoms with Gasteiger partial charge in [-0.2, -0.15) is 0 Å². The van der Waals surface area contributed by atoms with E-state index >= 15 is 0 Å². The number of carboxylic acid groups (broad SMARTS) is 1. The summed E-state index contributed by atoms with van der Waals surface area (Å²) in [6, 6.07) is 1.59. The molecule has 1 heterocycles. The first kappa shape index (κ1) is 11.6. The molecule has 0 radical (unpaired) electrons. The Labute approximate surface area is 98.7 Å². The quantitative estimate of drug-likeness (QED) is 0.854. The first-order valence-corrected chi connectivity index (χ1v) is 6.51. The van der Waals surface area contributed by atoms with Crippen LogP contribution in [0.3, 0.4) is 0 Å². The Morgan fingerprint density at radius 2 is 2.44 bits per heavy atom. The van der Waals surface area contributed by atoms with E-state index in [2.05, 4.69) is 6.92 Å². The fraction of sp³-hybridized carbons (Fsp3) is 0.583. The summed E-state index contributed by atoms with van der Waals surface area (Å²) in [7, 11) is 0. The maximum absolute atomic E-state index is 11.1. The maximum Gasteiger partial charge on any atom is 0.336 e. The molecule has 2 atom stereocenters. The molecule has 88 valence electrons. The number of rotatable bonds is 3. The zero-order valence-corrected chi connectivity index (χ0v) is 10.1. The second-order valence-corrected chi connectivity index (χ2v) is 5.31. The third-order valence-electron chi connectivity index (χ3n) is 3.57. The zero-order chi connectivity index (χ0) is 11.8. The first-order chi connectivity index (χ1) is 7.59. The van der Waals surface area contributed by atoms with Gasteiger partial charge in [-0.3, -0.25) is 0 Å². The summed E-state index contributed by atoms with van der Waals surface area (Å²) in [5, 5.41) is 21.5. The average Bonchev–Trinajstić information content (AvgIpc) is 2.83. The van der Waals surface area contributed by atoms with Crippen LogP contribution in [-0.2, 0) is 5.60 Å². The van der Waals surface area contributed by atoms with Crippen LogP contribution < -0.4 is 0 Å². The lowest BCUT2D eigenvalue weighted by Gasteiger charge is -2.29. The van der Waals surface area contributed by atoms with Crippen LogP contribution in [0.25, 0.3) is 0 Å². The molecule has 1 aliphatic carbocycles. The van der Waals surface area contributed by atoms with E-state index in [1.807, 2.05) is 0 Å². The van der Waals surface area contributed by atoms with Gasteiger partial charge in [0, 0.05) is 0 Å². The van der Waals surface area contributed by atoms with Gasteiger partial charge < -0.3 is 10.2 Å². The highest BCUT2D eigenvalue weighted by molar-refractivity contribution is 7.10. The summed E-state index contributed by atoms with van der Waals surface area (Å²) < 4.78 is 0. The van der Waals surface area contributed by atoms with Crippen LogP contribution in [-0.4, -0.2) is 16.2 Å². The Morgan fingerprint density at radius 3 is 3.06 bits per heavy atom. The van der Waals surface area contributed by atoms with Gasteiger partial charge in [0.05, 0.1) is 10.4 Å². The van der Waals surface area contributed by atoms with Gasteiger partial charge in [0.15, 0.2) is 0 Å². The van der Waals surface area contributed by atoms with Crippen LogP contribution in [0.15, 0.2) is 11.4 Å². The molecule has 1 aliphatic rings. The molecule has 0 aliphatic heterocycles. The number of hydrogen-bond acceptors (Lipinski definition) is 3. The van der Waals surface area contributed by atoms with Crippen molar-refractivity contribution in [1.82, 2.24) is 0 Å². The minimum Gasteiger partial charge on any atom is -0.478 e. The second-order valence-electron chi connectivity index (χ2n) is 4.39. The second kappa shape index (κ2) is 4.18. The molecule has 0 amide bonds. The molecular weight excluding hydrogens is 224 g/mol. The Morgan fingerprint density at radius 1 is 1.69 bits per heavy atom. The van der Waals surface area contributed by atoms with Crippen molar-refractivity contribution in [2.45, 2.75) is 38.2 Å². The average molecular weight is 240 g/mol. The van der Waals surface area contributed by atoms with Crippen molar-refractivity contribution < 1.29 is 15.0 Å². The van der Waals surface area contributed by atoms with Crippen molar-refractivity contribution in [3.8, 4) is 0 Å². The maximum atomic E-state index is 11.1. The number of thiophene rings is 1. The molecule has 0 aromatic carbocycles. The third kappa shape index (κ3) is 1.66. The summed E-state index contributed by atoms with van der Waals surface area (Å²) in [5.41, 5.74) is -0.635. The number of aliphatic hydroxyl groups is 1. The first-order valence-electron chi connectivity index (χ1n) is 5.63. The van der Waals surface area contributed by atoms with E-state index in [1.54, 1.807) is 11.4 Å². The van der Waals surface area contributed by atoms with E-state index in [0.29, 0.717) is 11.3 Å². The molecule has 0 bridgehead atoms. The molecule has 2 unspecified atom stereocenters. The molecular formula is C12H16O3S. The Balaban J connectivity index is 2.42. The SMILES string of the molecule is CCC1CCCC1(O)c1sccc1C(=O)O. The van der Waals surface area contributed by atoms with Crippen LogP contribution in [0.5, 0.6) is 0 Å². The Bertz CT molecular complexity index is 399. The monoisotopic (exact) mass is 240 g/mol. The summed E-state index contributed by atoms with van der Waals surface area (Å²) in [4.78, 5) is 11.7. The van der Waals surface area contributed by atoms with Gasteiger partial charge in [0.25, 0.3) is 0 Å². The van der Waals surface area contributed by atoms with Crippen molar-refractivity contribution in [1.29, 1.82) is 0 Å². The molecule has 2 rings (SSSR count). The largest absolute Gasteiger partial charge is 0.478 e. The predicted molar refractivity (Wildman–Crippen MR) is 62.8 cm³/mol. The molecule has 1 fully saturated rings. The third-order valence-corrected chi connectivity index (χ3v) is 4.65. The molecule has 3 nitrogen and oxygen atoms in total. The van der Waals surface area contributed by atoms with Gasteiger partial charge in [-0.15, -0.1) is 11.3 Å². The normalized spacial score (nSPS) is 29.5. The van der Waals surface area contributed by atoms with E-state index in [0.717, 1.165) is 19.3 Å². The number of carboxylic acids is 1. The van der Waals surface area contributed by atoms with Gasteiger partial charge in [-0.05, 0) is 36.6 Å². The summed E-state index contributed by atoms with van der Waals surface area (Å²) in [6.07, 6.45) is 3.55. The van der Waals surface area contributed by atoms with E-state index in [-0.39, 0.29) is 11.5 Å². The molecule has 1 aromatic rings. The molecule has 2 N–H and O–H groups in total. The standard InChI is InChI=1S/C12H16O3S/c1-2-8-4-3-6-12(8,15)10-9(11(13)14)5-7-16-10/h5,7-8,15H,2-4,6H2,1H3,(H,13,14). The van der Waals surface area contributed by atoms with Gasteiger partial charge in [0.1, 0.15) is 5.60 Å². The van der Waals surface area contributed by atoms with Crippen LogP contribution in [0, 0.1) is 5.92 Å². The van der Waals surface area contributed by atoms with Crippen molar-refractivity contribution >= 4 is 17.3 Å². The van der Waals surface area contributed by atoms with Crippen LogP contribution in [0.2, 0.25) is 0 Å². The smallest absolute Gasteiger partial charge is 0.336 e. The highest BCUT2D eigenvalue weighted by Gasteiger charge is 2.44. The molecule has 0 saturated heterocycles. The molecule has 1 aromatic heterocycles.